The van der Waals surface area contributed by atoms with E-state index in [0.29, 0.717) is 0 Å². The number of amides is 1. The lowest BCUT2D eigenvalue weighted by atomic mass is 10.1. The molecular formula is C10H23N3O. The first-order chi connectivity index (χ1) is 6.72. The third-order valence-corrected chi connectivity index (χ3v) is 2.14. The van der Waals surface area contributed by atoms with E-state index in [0.717, 1.165) is 38.9 Å². The van der Waals surface area contributed by atoms with Gasteiger partial charge in [0.05, 0.1) is 6.04 Å². The third kappa shape index (κ3) is 6.86. The Morgan fingerprint density at radius 1 is 1.29 bits per heavy atom. The molecule has 0 aromatic rings. The van der Waals surface area contributed by atoms with E-state index in [-0.39, 0.29) is 11.9 Å². The minimum atomic E-state index is -0.240. The molecule has 1 atom stereocenters. The molecule has 1 amide bonds. The Labute approximate surface area is 86.6 Å². The van der Waals surface area contributed by atoms with Gasteiger partial charge < -0.3 is 16.4 Å². The summed E-state index contributed by atoms with van der Waals surface area (Å²) in [6.45, 7) is 6.89. The van der Waals surface area contributed by atoms with Crippen molar-refractivity contribution in [3.63, 3.8) is 0 Å². The van der Waals surface area contributed by atoms with Gasteiger partial charge in [0, 0.05) is 0 Å². The van der Waals surface area contributed by atoms with Gasteiger partial charge in [0.25, 0.3) is 0 Å². The number of rotatable bonds is 9. The maximum Gasteiger partial charge on any atom is 0.234 e. The van der Waals surface area contributed by atoms with E-state index < -0.39 is 0 Å². The second kappa shape index (κ2) is 8.97. The van der Waals surface area contributed by atoms with Crippen molar-refractivity contribution < 1.29 is 4.79 Å². The highest BCUT2D eigenvalue weighted by Crippen LogP contribution is 1.99. The lowest BCUT2D eigenvalue weighted by Crippen LogP contribution is -2.41. The van der Waals surface area contributed by atoms with Gasteiger partial charge in [-0.25, -0.2) is 0 Å². The van der Waals surface area contributed by atoms with Crippen LogP contribution in [0.2, 0.25) is 0 Å². The molecule has 4 heteroatoms. The number of carbonyl (C=O) groups excluding carboxylic acids is 1. The molecule has 0 aliphatic heterocycles. The molecule has 0 aliphatic carbocycles. The van der Waals surface area contributed by atoms with Crippen LogP contribution in [0, 0.1) is 0 Å². The molecule has 1 unspecified atom stereocenters. The molecule has 0 spiro atoms. The van der Waals surface area contributed by atoms with Crippen molar-refractivity contribution in [3.05, 3.63) is 0 Å². The van der Waals surface area contributed by atoms with E-state index in [1.807, 2.05) is 6.92 Å². The molecule has 0 radical (unpaired) electrons. The monoisotopic (exact) mass is 201 g/mol. The second-order valence-corrected chi connectivity index (χ2v) is 3.36. The number of nitrogens with one attached hydrogen (secondary N) is 2. The van der Waals surface area contributed by atoms with Crippen LogP contribution in [0.5, 0.6) is 0 Å². The maximum atomic E-state index is 11.0. The zero-order chi connectivity index (χ0) is 10.8. The fourth-order valence-electron chi connectivity index (χ4n) is 1.37. The summed E-state index contributed by atoms with van der Waals surface area (Å²) in [7, 11) is 0. The number of primary amides is 1. The number of carbonyl (C=O) groups is 1. The van der Waals surface area contributed by atoms with Crippen molar-refractivity contribution in [2.45, 2.75) is 39.2 Å². The highest BCUT2D eigenvalue weighted by molar-refractivity contribution is 5.79. The zero-order valence-electron chi connectivity index (χ0n) is 9.31. The van der Waals surface area contributed by atoms with Crippen LogP contribution in [0.25, 0.3) is 0 Å². The summed E-state index contributed by atoms with van der Waals surface area (Å²) < 4.78 is 0. The first-order valence-corrected chi connectivity index (χ1v) is 5.45. The predicted octanol–water partition coefficient (Wildman–Crippen LogP) is 0.230. The van der Waals surface area contributed by atoms with Gasteiger partial charge >= 0.3 is 0 Å². The van der Waals surface area contributed by atoms with Crippen LogP contribution < -0.4 is 16.4 Å². The molecule has 14 heavy (non-hydrogen) atoms. The van der Waals surface area contributed by atoms with E-state index in [2.05, 4.69) is 17.6 Å². The lowest BCUT2D eigenvalue weighted by molar-refractivity contribution is -0.120. The minimum absolute atomic E-state index is 0.151. The third-order valence-electron chi connectivity index (χ3n) is 2.14. The van der Waals surface area contributed by atoms with Crippen LogP contribution in [-0.4, -0.2) is 31.6 Å². The van der Waals surface area contributed by atoms with Crippen LogP contribution in [0.3, 0.4) is 0 Å². The van der Waals surface area contributed by atoms with Gasteiger partial charge in [-0.3, -0.25) is 4.79 Å². The Kier molecular flexibility index (Phi) is 8.57. The number of hydrogen-bond donors (Lipinski definition) is 3. The average Bonchev–Trinajstić information content (AvgIpc) is 2.15. The normalized spacial score (nSPS) is 12.7. The molecule has 84 valence electrons. The first kappa shape index (κ1) is 13.4. The molecule has 0 saturated heterocycles. The second-order valence-electron chi connectivity index (χ2n) is 3.36. The van der Waals surface area contributed by atoms with Crippen LogP contribution in [-0.2, 0) is 4.79 Å². The highest BCUT2D eigenvalue weighted by atomic mass is 16.1. The number of likely N-dealkylation sites (N-methyl/N-ethyl adjacent to an activating group) is 1. The number of unbranched alkanes of at least 4 members (excludes halogenated alkanes) is 1. The Bertz CT molecular complexity index is 150. The summed E-state index contributed by atoms with van der Waals surface area (Å²) in [6.07, 6.45) is 2.98. The van der Waals surface area contributed by atoms with E-state index in [1.165, 1.54) is 0 Å². The number of nitrogens with two attached hydrogens (primary N) is 1. The fraction of sp³-hybridized carbons (Fsp3) is 0.900. The van der Waals surface area contributed by atoms with Crippen molar-refractivity contribution in [1.82, 2.24) is 10.6 Å². The average molecular weight is 201 g/mol. The maximum absolute atomic E-state index is 11.0. The Balaban J connectivity index is 3.46. The molecule has 0 fully saturated rings. The van der Waals surface area contributed by atoms with E-state index in [1.54, 1.807) is 0 Å². The topological polar surface area (TPSA) is 67.2 Å². The van der Waals surface area contributed by atoms with Gasteiger partial charge in [-0.15, -0.1) is 0 Å². The summed E-state index contributed by atoms with van der Waals surface area (Å²) in [4.78, 5) is 11.0. The van der Waals surface area contributed by atoms with Crippen molar-refractivity contribution >= 4 is 5.91 Å². The standard InChI is InChI=1S/C10H23N3O/c1-3-12-8-6-5-7-9(10(11)14)13-4-2/h9,12-13H,3-8H2,1-2H3,(H2,11,14). The van der Waals surface area contributed by atoms with Crippen LogP contribution in [0.1, 0.15) is 33.1 Å². The summed E-state index contributed by atoms with van der Waals surface area (Å²) in [5, 5.41) is 6.32. The van der Waals surface area contributed by atoms with Crippen molar-refractivity contribution in [1.29, 1.82) is 0 Å². The molecule has 0 heterocycles. The summed E-state index contributed by atoms with van der Waals surface area (Å²) in [5.74, 6) is -0.240. The minimum Gasteiger partial charge on any atom is -0.368 e. The molecule has 0 aromatic heterocycles. The van der Waals surface area contributed by atoms with Gasteiger partial charge in [-0.2, -0.15) is 0 Å². The first-order valence-electron chi connectivity index (χ1n) is 5.45. The van der Waals surface area contributed by atoms with Crippen molar-refractivity contribution in [2.75, 3.05) is 19.6 Å². The van der Waals surface area contributed by atoms with Crippen LogP contribution in [0.4, 0.5) is 0 Å². The van der Waals surface area contributed by atoms with Crippen LogP contribution in [0.15, 0.2) is 0 Å². The Hall–Kier alpha value is -0.610. The predicted molar refractivity (Wildman–Crippen MR) is 59.1 cm³/mol. The fourth-order valence-corrected chi connectivity index (χ4v) is 1.37. The molecule has 0 aromatic carbocycles. The zero-order valence-corrected chi connectivity index (χ0v) is 9.31. The van der Waals surface area contributed by atoms with Gasteiger partial charge in [-0.1, -0.05) is 20.3 Å². The molecule has 4 N–H and O–H groups in total. The van der Waals surface area contributed by atoms with E-state index in [9.17, 15) is 4.79 Å². The van der Waals surface area contributed by atoms with E-state index in [4.69, 9.17) is 5.73 Å². The lowest BCUT2D eigenvalue weighted by Gasteiger charge is -2.13. The van der Waals surface area contributed by atoms with E-state index >= 15 is 0 Å². The van der Waals surface area contributed by atoms with Gasteiger partial charge in [-0.05, 0) is 32.5 Å². The Morgan fingerprint density at radius 3 is 2.50 bits per heavy atom. The molecule has 0 aliphatic rings. The largest absolute Gasteiger partial charge is 0.368 e. The van der Waals surface area contributed by atoms with Gasteiger partial charge in [0.2, 0.25) is 5.91 Å². The van der Waals surface area contributed by atoms with Crippen molar-refractivity contribution in [2.24, 2.45) is 5.73 Å². The summed E-state index contributed by atoms with van der Waals surface area (Å²) >= 11 is 0. The van der Waals surface area contributed by atoms with Gasteiger partial charge in [0.15, 0.2) is 0 Å². The SMILES string of the molecule is CCNCCCCC(NCC)C(N)=O. The van der Waals surface area contributed by atoms with Gasteiger partial charge in [0.1, 0.15) is 0 Å². The summed E-state index contributed by atoms with van der Waals surface area (Å²) in [5.41, 5.74) is 5.25. The summed E-state index contributed by atoms with van der Waals surface area (Å²) in [6, 6.07) is -0.151. The molecule has 0 rings (SSSR count). The van der Waals surface area contributed by atoms with Crippen molar-refractivity contribution in [3.8, 4) is 0 Å². The molecule has 0 bridgehead atoms. The smallest absolute Gasteiger partial charge is 0.234 e. The highest BCUT2D eigenvalue weighted by Gasteiger charge is 2.12. The quantitative estimate of drug-likeness (QED) is 0.468. The molecule has 4 nitrogen and oxygen atoms in total. The molecular weight excluding hydrogens is 178 g/mol. The van der Waals surface area contributed by atoms with Crippen LogP contribution >= 0.6 is 0 Å². The molecule has 0 saturated carbocycles. The number of hydrogen-bond acceptors (Lipinski definition) is 3. The Morgan fingerprint density at radius 2 is 2.00 bits per heavy atom.